The van der Waals surface area contributed by atoms with Gasteiger partial charge in [-0.2, -0.15) is 0 Å². The molecule has 2 aliphatic heterocycles. The molecule has 2 rings (SSSR count). The molecule has 0 aliphatic carbocycles. The van der Waals surface area contributed by atoms with Gasteiger partial charge in [-0.25, -0.2) is 0 Å². The average Bonchev–Trinajstić information content (AvgIpc) is 2.36. The minimum absolute atomic E-state index is 0.00285. The first-order chi connectivity index (χ1) is 12.2. The van der Waals surface area contributed by atoms with Crippen LogP contribution in [0.3, 0.4) is 0 Å². The molecule has 5 heteroatoms. The van der Waals surface area contributed by atoms with Crippen molar-refractivity contribution in [3.63, 3.8) is 0 Å². The van der Waals surface area contributed by atoms with Crippen molar-refractivity contribution in [2.24, 2.45) is 0 Å². The molecule has 0 radical (unpaired) electrons. The van der Waals surface area contributed by atoms with Gasteiger partial charge in [0.15, 0.2) is 0 Å². The Morgan fingerprint density at radius 3 is 1.78 bits per heavy atom. The molecule has 0 bridgehead atoms. The van der Waals surface area contributed by atoms with Gasteiger partial charge in [0, 0.05) is 47.5 Å². The quantitative estimate of drug-likeness (QED) is 0.485. The van der Waals surface area contributed by atoms with Crippen molar-refractivity contribution < 1.29 is 9.53 Å². The molecule has 27 heavy (non-hydrogen) atoms. The fraction of sp³-hybridized carbons (Fsp3) is 0.955. The van der Waals surface area contributed by atoms with Crippen LogP contribution in [0.2, 0.25) is 0 Å². The number of ether oxygens (including phenoxy) is 1. The zero-order chi connectivity index (χ0) is 20.5. The number of piperidine rings is 2. The Hall–Kier alpha value is -0.650. The Bertz CT molecular complexity index is 494. The van der Waals surface area contributed by atoms with Crippen molar-refractivity contribution in [3.8, 4) is 0 Å². The van der Waals surface area contributed by atoms with E-state index >= 15 is 0 Å². The number of nitrogens with one attached hydrogen (secondary N) is 3. The van der Waals surface area contributed by atoms with Crippen LogP contribution in [0.25, 0.3) is 0 Å². The summed E-state index contributed by atoms with van der Waals surface area (Å²) in [4.78, 5) is 12.3. The van der Waals surface area contributed by atoms with E-state index in [2.05, 4.69) is 71.3 Å². The fourth-order valence-corrected chi connectivity index (χ4v) is 5.56. The lowest BCUT2D eigenvalue weighted by molar-refractivity contribution is -0.153. The molecule has 2 aliphatic rings. The van der Waals surface area contributed by atoms with E-state index < -0.39 is 0 Å². The maximum Gasteiger partial charge on any atom is 0.306 e. The second-order valence-corrected chi connectivity index (χ2v) is 11.5. The minimum atomic E-state index is -0.0544. The van der Waals surface area contributed by atoms with E-state index in [9.17, 15) is 4.79 Å². The predicted molar refractivity (Wildman–Crippen MR) is 112 cm³/mol. The van der Waals surface area contributed by atoms with Crippen LogP contribution in [0.1, 0.15) is 93.9 Å². The third kappa shape index (κ3) is 7.71. The minimum Gasteiger partial charge on any atom is -0.462 e. The van der Waals surface area contributed by atoms with Crippen molar-refractivity contribution in [2.45, 2.75) is 128 Å². The van der Waals surface area contributed by atoms with E-state index in [0.717, 1.165) is 38.6 Å². The molecule has 0 aromatic heterocycles. The van der Waals surface area contributed by atoms with Gasteiger partial charge >= 0.3 is 5.97 Å². The van der Waals surface area contributed by atoms with Gasteiger partial charge in [-0.3, -0.25) is 4.79 Å². The first-order valence-corrected chi connectivity index (χ1v) is 10.7. The summed E-state index contributed by atoms with van der Waals surface area (Å²) in [7, 11) is 0. The van der Waals surface area contributed by atoms with Crippen LogP contribution in [0, 0.1) is 0 Å². The highest BCUT2D eigenvalue weighted by Crippen LogP contribution is 2.31. The molecular weight excluding hydrogens is 338 g/mol. The predicted octanol–water partition coefficient (Wildman–Crippen LogP) is 3.52. The molecule has 2 heterocycles. The number of carbonyl (C=O) groups excluding carboxylic acids is 1. The highest BCUT2D eigenvalue weighted by molar-refractivity contribution is 5.69. The van der Waals surface area contributed by atoms with Crippen molar-refractivity contribution in [2.75, 3.05) is 6.54 Å². The molecule has 0 aromatic rings. The summed E-state index contributed by atoms with van der Waals surface area (Å²) in [5.41, 5.74) is 0.297. The summed E-state index contributed by atoms with van der Waals surface area (Å²) in [6.07, 6.45) is 5.32. The van der Waals surface area contributed by atoms with Crippen molar-refractivity contribution in [1.82, 2.24) is 16.0 Å². The first kappa shape index (κ1) is 22.6. The first-order valence-electron chi connectivity index (χ1n) is 10.7. The largest absolute Gasteiger partial charge is 0.462 e. The lowest BCUT2D eigenvalue weighted by Gasteiger charge is -2.46. The van der Waals surface area contributed by atoms with E-state index in [0.29, 0.717) is 12.5 Å². The highest BCUT2D eigenvalue weighted by atomic mass is 16.5. The molecule has 0 spiro atoms. The average molecular weight is 382 g/mol. The van der Waals surface area contributed by atoms with Gasteiger partial charge in [-0.05, 0) is 81.2 Å². The Kier molecular flexibility index (Phi) is 6.71. The number of carbonyl (C=O) groups is 1. The second-order valence-electron chi connectivity index (χ2n) is 11.5. The smallest absolute Gasteiger partial charge is 0.306 e. The molecular formula is C22H43N3O2. The maximum absolute atomic E-state index is 12.3. The topological polar surface area (TPSA) is 62.4 Å². The zero-order valence-electron chi connectivity index (χ0n) is 18.9. The molecule has 158 valence electrons. The van der Waals surface area contributed by atoms with E-state index in [4.69, 9.17) is 4.74 Å². The summed E-state index contributed by atoms with van der Waals surface area (Å²) < 4.78 is 5.80. The van der Waals surface area contributed by atoms with Crippen molar-refractivity contribution >= 4 is 5.97 Å². The fourth-order valence-electron chi connectivity index (χ4n) is 5.56. The number of rotatable bonds is 6. The summed E-state index contributed by atoms with van der Waals surface area (Å²) in [5.74, 6) is -0.0544. The van der Waals surface area contributed by atoms with Crippen LogP contribution in [0.5, 0.6) is 0 Å². The highest BCUT2D eigenvalue weighted by Gasteiger charge is 2.39. The Balaban J connectivity index is 1.70. The number of hydrogen-bond donors (Lipinski definition) is 3. The standard InChI is InChI=1S/C22H43N3O2/c1-19(2)12-16(13-20(3,4)24-19)23-11-9-10-18(26)27-17-14-21(5,6)25-22(7,8)15-17/h16-17,23-25H,9-15H2,1-8H3. The van der Waals surface area contributed by atoms with Gasteiger partial charge in [0.1, 0.15) is 6.10 Å². The SMILES string of the molecule is CC1(C)CC(NCCCC(=O)OC2CC(C)(C)NC(C)(C)C2)CC(C)(C)N1. The van der Waals surface area contributed by atoms with Gasteiger partial charge in [0.25, 0.3) is 0 Å². The van der Waals surface area contributed by atoms with Gasteiger partial charge in [0.05, 0.1) is 0 Å². The van der Waals surface area contributed by atoms with Gasteiger partial charge < -0.3 is 20.7 Å². The van der Waals surface area contributed by atoms with Crippen LogP contribution in [-0.4, -0.2) is 46.8 Å². The van der Waals surface area contributed by atoms with Crippen LogP contribution in [-0.2, 0) is 9.53 Å². The second kappa shape index (κ2) is 8.00. The molecule has 5 nitrogen and oxygen atoms in total. The van der Waals surface area contributed by atoms with E-state index in [1.807, 2.05) is 0 Å². The van der Waals surface area contributed by atoms with Crippen LogP contribution >= 0.6 is 0 Å². The molecule has 3 N–H and O–H groups in total. The summed E-state index contributed by atoms with van der Waals surface area (Å²) >= 11 is 0. The van der Waals surface area contributed by atoms with Crippen LogP contribution in [0.15, 0.2) is 0 Å². The third-order valence-corrected chi connectivity index (χ3v) is 5.63. The molecule has 2 fully saturated rings. The summed E-state index contributed by atoms with van der Waals surface area (Å²) in [6, 6.07) is 0.498. The lowest BCUT2D eigenvalue weighted by atomic mass is 9.79. The van der Waals surface area contributed by atoms with Gasteiger partial charge in [-0.15, -0.1) is 0 Å². The molecule has 0 atom stereocenters. The van der Waals surface area contributed by atoms with E-state index in [-0.39, 0.29) is 34.2 Å². The van der Waals surface area contributed by atoms with Gasteiger partial charge in [-0.1, -0.05) is 0 Å². The zero-order valence-corrected chi connectivity index (χ0v) is 18.9. The maximum atomic E-state index is 12.3. The molecule has 2 saturated heterocycles. The number of esters is 1. The normalized spacial score (nSPS) is 27.3. The van der Waals surface area contributed by atoms with E-state index in [1.165, 1.54) is 0 Å². The molecule has 0 unspecified atom stereocenters. The van der Waals surface area contributed by atoms with E-state index in [1.54, 1.807) is 0 Å². The summed E-state index contributed by atoms with van der Waals surface area (Å²) in [6.45, 7) is 18.7. The Morgan fingerprint density at radius 2 is 1.30 bits per heavy atom. The number of hydrogen-bond acceptors (Lipinski definition) is 5. The summed E-state index contributed by atoms with van der Waals surface area (Å²) in [5, 5.41) is 11.0. The van der Waals surface area contributed by atoms with Crippen molar-refractivity contribution in [3.05, 3.63) is 0 Å². The van der Waals surface area contributed by atoms with Gasteiger partial charge in [0.2, 0.25) is 0 Å². The van der Waals surface area contributed by atoms with Crippen LogP contribution < -0.4 is 16.0 Å². The Morgan fingerprint density at radius 1 is 0.852 bits per heavy atom. The molecule has 0 aromatic carbocycles. The third-order valence-electron chi connectivity index (χ3n) is 5.63. The van der Waals surface area contributed by atoms with Crippen LogP contribution in [0.4, 0.5) is 0 Å². The monoisotopic (exact) mass is 381 g/mol. The molecule has 0 amide bonds. The Labute approximate surface area is 166 Å². The lowest BCUT2D eigenvalue weighted by Crippen LogP contribution is -2.61. The van der Waals surface area contributed by atoms with Crippen molar-refractivity contribution in [1.29, 1.82) is 0 Å². The molecule has 0 saturated carbocycles.